The molecule has 2 aromatic heterocycles. The highest BCUT2D eigenvalue weighted by Gasteiger charge is 2.26. The number of anilines is 3. The first-order valence-electron chi connectivity index (χ1n) is 15.3. The van der Waals surface area contributed by atoms with Crippen molar-refractivity contribution in [1.82, 2.24) is 9.97 Å². The van der Waals surface area contributed by atoms with Crippen molar-refractivity contribution in [2.45, 2.75) is 25.8 Å². The summed E-state index contributed by atoms with van der Waals surface area (Å²) in [5.41, 5.74) is 4.71. The summed E-state index contributed by atoms with van der Waals surface area (Å²) in [6.45, 7) is 4.87. The van der Waals surface area contributed by atoms with Gasteiger partial charge in [-0.15, -0.1) is 11.3 Å². The number of nitrogens with zero attached hydrogens (tertiary/aromatic N) is 4. The minimum atomic E-state index is -1.04. The number of nitrogens with one attached hydrogen (secondary N) is 1. The van der Waals surface area contributed by atoms with Gasteiger partial charge in [0.25, 0.3) is 5.91 Å². The smallest absolute Gasteiger partial charge is 0.355 e. The minimum Gasteiger partial charge on any atom is -0.494 e. The Bertz CT molecular complexity index is 1830. The number of fused-ring (bicyclic) bond motifs is 2. The highest BCUT2D eigenvalue weighted by molar-refractivity contribution is 7.22. The number of thiazole rings is 2. The van der Waals surface area contributed by atoms with Crippen LogP contribution in [0.2, 0.25) is 0 Å². The number of hydrogen-bond donors (Lipinski definition) is 2. The molecule has 4 heterocycles. The third-order valence-electron chi connectivity index (χ3n) is 8.22. The topological polar surface area (TPSA) is 117 Å². The number of carbonyl (C=O) groups is 2. The predicted molar refractivity (Wildman–Crippen MR) is 181 cm³/mol. The summed E-state index contributed by atoms with van der Waals surface area (Å²) in [6, 6.07) is 21.6. The van der Waals surface area contributed by atoms with Crippen LogP contribution in [0.5, 0.6) is 5.75 Å². The maximum Gasteiger partial charge on any atom is 0.355 e. The molecule has 2 N–H and O–H groups in total. The van der Waals surface area contributed by atoms with Crippen molar-refractivity contribution in [2.75, 3.05) is 54.6 Å². The van der Waals surface area contributed by atoms with E-state index in [1.807, 2.05) is 54.6 Å². The molecule has 0 spiro atoms. The van der Waals surface area contributed by atoms with E-state index >= 15 is 0 Å². The lowest BCUT2D eigenvalue weighted by atomic mass is 9.94. The Morgan fingerprint density at radius 3 is 2.57 bits per heavy atom. The van der Waals surface area contributed by atoms with Crippen LogP contribution in [0.4, 0.5) is 16.0 Å². The van der Waals surface area contributed by atoms with Crippen molar-refractivity contribution in [3.8, 4) is 5.75 Å². The molecule has 2 aliphatic rings. The molecular weight excluding hydrogens is 623 g/mol. The van der Waals surface area contributed by atoms with Crippen molar-refractivity contribution in [1.29, 1.82) is 0 Å². The largest absolute Gasteiger partial charge is 0.494 e. The van der Waals surface area contributed by atoms with Crippen LogP contribution >= 0.6 is 22.7 Å². The van der Waals surface area contributed by atoms with E-state index in [1.165, 1.54) is 22.7 Å². The van der Waals surface area contributed by atoms with Crippen LogP contribution in [0.3, 0.4) is 0 Å². The molecule has 236 valence electrons. The maximum atomic E-state index is 13.4. The molecule has 0 unspecified atom stereocenters. The minimum absolute atomic E-state index is 0.0857. The van der Waals surface area contributed by atoms with Gasteiger partial charge in [-0.1, -0.05) is 35.6 Å². The van der Waals surface area contributed by atoms with E-state index in [4.69, 9.17) is 9.47 Å². The van der Waals surface area contributed by atoms with Crippen molar-refractivity contribution in [3.63, 3.8) is 0 Å². The Morgan fingerprint density at radius 2 is 1.76 bits per heavy atom. The number of carboxylic acid groups (broad SMARTS) is 1. The molecule has 10 nitrogen and oxygen atoms in total. The fourth-order valence-corrected chi connectivity index (χ4v) is 7.83. The molecule has 46 heavy (non-hydrogen) atoms. The highest BCUT2D eigenvalue weighted by Crippen LogP contribution is 2.33. The van der Waals surface area contributed by atoms with E-state index in [-0.39, 0.29) is 11.6 Å². The summed E-state index contributed by atoms with van der Waals surface area (Å²) in [7, 11) is 0. The summed E-state index contributed by atoms with van der Waals surface area (Å²) in [5, 5.41) is 14.1. The molecule has 1 saturated heterocycles. The van der Waals surface area contributed by atoms with Gasteiger partial charge in [-0.3, -0.25) is 10.1 Å². The Balaban J connectivity index is 0.996. The van der Waals surface area contributed by atoms with Gasteiger partial charge in [0.2, 0.25) is 0 Å². The number of ether oxygens (including phenoxy) is 2. The Kier molecular flexibility index (Phi) is 8.82. The van der Waals surface area contributed by atoms with Gasteiger partial charge < -0.3 is 24.4 Å². The van der Waals surface area contributed by atoms with E-state index in [1.54, 1.807) is 0 Å². The van der Waals surface area contributed by atoms with Gasteiger partial charge in [0.15, 0.2) is 16.0 Å². The number of aromatic nitrogens is 2. The molecule has 0 bridgehead atoms. The summed E-state index contributed by atoms with van der Waals surface area (Å²) in [5.74, 6) is -0.458. The van der Waals surface area contributed by atoms with Crippen LogP contribution in [0.15, 0.2) is 66.7 Å². The third kappa shape index (κ3) is 6.55. The fraction of sp³-hybridized carbons (Fsp3) is 0.294. The van der Waals surface area contributed by atoms with Crippen LogP contribution in [0, 0.1) is 0 Å². The number of benzene rings is 3. The van der Waals surface area contributed by atoms with E-state index in [2.05, 4.69) is 37.2 Å². The first-order valence-corrected chi connectivity index (χ1v) is 17.0. The van der Waals surface area contributed by atoms with Crippen molar-refractivity contribution >= 4 is 60.7 Å². The van der Waals surface area contributed by atoms with Gasteiger partial charge in [0.05, 0.1) is 30.0 Å². The molecule has 7 rings (SSSR count). The molecular formula is C34H33N5O5S2. The quantitative estimate of drug-likeness (QED) is 0.172. The number of carboxylic acids is 1. The normalized spacial score (nSPS) is 14.7. The average Bonchev–Trinajstić information content (AvgIpc) is 3.71. The molecule has 5 aromatic rings. The van der Waals surface area contributed by atoms with Gasteiger partial charge in [0, 0.05) is 42.3 Å². The standard InChI is InChI=1S/C34H33N5O5S2/c40-31(37-33-35-27-7-1-2-8-28(27)45-33)25-6-3-5-22-14-15-39(21-26(22)25)34-36-30(32(41)42)29(46-34)9-4-18-44-24-12-10-23(11-13-24)38-16-19-43-20-17-38/h1-3,5-8,10-13H,4,9,14-21H2,(H,41,42)(H,35,37,40). The predicted octanol–water partition coefficient (Wildman–Crippen LogP) is 6.11. The molecule has 2 aliphatic heterocycles. The van der Waals surface area contributed by atoms with Crippen LogP contribution in [0.1, 0.15) is 43.3 Å². The zero-order valence-electron chi connectivity index (χ0n) is 25.1. The monoisotopic (exact) mass is 655 g/mol. The number of amides is 1. The average molecular weight is 656 g/mol. The van der Waals surface area contributed by atoms with E-state index in [9.17, 15) is 14.7 Å². The molecule has 1 fully saturated rings. The zero-order chi connectivity index (χ0) is 31.5. The van der Waals surface area contributed by atoms with Gasteiger partial charge in [0.1, 0.15) is 5.75 Å². The third-order valence-corrected chi connectivity index (χ3v) is 10.3. The Morgan fingerprint density at radius 1 is 0.935 bits per heavy atom. The van der Waals surface area contributed by atoms with E-state index in [0.717, 1.165) is 70.4 Å². The van der Waals surface area contributed by atoms with Crippen molar-refractivity contribution < 1.29 is 24.2 Å². The van der Waals surface area contributed by atoms with Crippen LogP contribution in [0.25, 0.3) is 10.2 Å². The number of morpholine rings is 1. The summed E-state index contributed by atoms with van der Waals surface area (Å²) >= 11 is 2.85. The molecule has 3 aromatic carbocycles. The summed E-state index contributed by atoms with van der Waals surface area (Å²) in [4.78, 5) is 39.7. The molecule has 0 saturated carbocycles. The molecule has 0 aliphatic carbocycles. The first-order chi connectivity index (χ1) is 22.5. The first kappa shape index (κ1) is 30.2. The lowest BCUT2D eigenvalue weighted by Crippen LogP contribution is -2.36. The van der Waals surface area contributed by atoms with E-state index < -0.39 is 5.97 Å². The second-order valence-corrected chi connectivity index (χ2v) is 13.3. The van der Waals surface area contributed by atoms with Gasteiger partial charge in [-0.25, -0.2) is 14.8 Å². The number of hydrogen-bond acceptors (Lipinski definition) is 10. The van der Waals surface area contributed by atoms with Crippen LogP contribution in [-0.4, -0.2) is 66.4 Å². The zero-order valence-corrected chi connectivity index (χ0v) is 26.7. The van der Waals surface area contributed by atoms with Crippen molar-refractivity contribution in [3.05, 3.63) is 94.0 Å². The van der Waals surface area contributed by atoms with Gasteiger partial charge >= 0.3 is 5.97 Å². The Hall–Kier alpha value is -4.52. The number of rotatable bonds is 10. The second kappa shape index (κ2) is 13.5. The maximum absolute atomic E-state index is 13.4. The molecule has 1 amide bonds. The lowest BCUT2D eigenvalue weighted by molar-refractivity contribution is 0.0690. The lowest BCUT2D eigenvalue weighted by Gasteiger charge is -2.29. The Labute approximate surface area is 274 Å². The number of para-hydroxylation sites is 1. The molecule has 0 radical (unpaired) electrons. The summed E-state index contributed by atoms with van der Waals surface area (Å²) in [6.07, 6.45) is 1.94. The molecule has 12 heteroatoms. The number of aromatic carboxylic acids is 1. The number of carbonyl (C=O) groups excluding carboxylic acids is 1. The van der Waals surface area contributed by atoms with Crippen LogP contribution in [-0.2, 0) is 24.1 Å². The second-order valence-electron chi connectivity index (χ2n) is 11.2. The van der Waals surface area contributed by atoms with Gasteiger partial charge in [-0.2, -0.15) is 0 Å². The number of aryl methyl sites for hydroxylation is 1. The van der Waals surface area contributed by atoms with Crippen LogP contribution < -0.4 is 19.9 Å². The SMILES string of the molecule is O=C(Nc1nc2ccccc2s1)c1cccc2c1CN(c1nc(C(=O)O)c(CCCOc3ccc(N4CCOCC4)cc3)s1)CC2. The molecule has 0 atom stereocenters. The highest BCUT2D eigenvalue weighted by atomic mass is 32.1. The van der Waals surface area contributed by atoms with Crippen molar-refractivity contribution in [2.24, 2.45) is 0 Å². The fourth-order valence-electron chi connectivity index (χ4n) is 5.86. The van der Waals surface area contributed by atoms with Gasteiger partial charge in [-0.05, 0) is 72.9 Å². The van der Waals surface area contributed by atoms with E-state index in [0.29, 0.717) is 48.4 Å². The summed E-state index contributed by atoms with van der Waals surface area (Å²) < 4.78 is 12.4.